The number of para-hydroxylation sites is 3. The van der Waals surface area contributed by atoms with E-state index in [1.165, 1.54) is 82.0 Å². The molecule has 11 rings (SSSR count). The van der Waals surface area contributed by atoms with Crippen LogP contribution in [0.1, 0.15) is 18.9 Å². The summed E-state index contributed by atoms with van der Waals surface area (Å²) >= 11 is 0. The molecule has 1 heterocycles. The van der Waals surface area contributed by atoms with Crippen LogP contribution in [0.3, 0.4) is 0 Å². The van der Waals surface area contributed by atoms with E-state index in [1.54, 1.807) is 0 Å². The highest BCUT2D eigenvalue weighted by Crippen LogP contribution is 2.46. The number of hydrogen-bond donors (Lipinski definition) is 0. The maximum Gasteiger partial charge on any atom is 0.145 e. The van der Waals surface area contributed by atoms with Gasteiger partial charge in [-0.05, 0) is 131 Å². The van der Waals surface area contributed by atoms with Crippen molar-refractivity contribution in [1.29, 1.82) is 0 Å². The number of rotatable bonds is 7. The molecule has 0 saturated heterocycles. The molecule has 0 fully saturated rings. The number of hydrogen-bond acceptors (Lipinski definition) is 1. The van der Waals surface area contributed by atoms with Crippen LogP contribution in [-0.4, -0.2) is 9.55 Å². The van der Waals surface area contributed by atoms with E-state index in [9.17, 15) is 0 Å². The van der Waals surface area contributed by atoms with Crippen LogP contribution in [0.2, 0.25) is 0 Å². The van der Waals surface area contributed by atoms with Gasteiger partial charge in [0.05, 0.1) is 11.0 Å². The molecule has 0 spiro atoms. The molecule has 0 amide bonds. The first kappa shape index (κ1) is 34.0. The van der Waals surface area contributed by atoms with E-state index >= 15 is 0 Å². The van der Waals surface area contributed by atoms with Gasteiger partial charge < -0.3 is 0 Å². The van der Waals surface area contributed by atoms with Gasteiger partial charge in [0.25, 0.3) is 0 Å². The molecule has 0 aliphatic carbocycles. The van der Waals surface area contributed by atoms with E-state index in [4.69, 9.17) is 4.98 Å². The minimum absolute atomic E-state index is 0.935. The van der Waals surface area contributed by atoms with E-state index in [0.717, 1.165) is 41.0 Å². The molecule has 58 heavy (non-hydrogen) atoms. The molecule has 0 unspecified atom stereocenters. The second-order valence-electron chi connectivity index (χ2n) is 15.4. The van der Waals surface area contributed by atoms with Gasteiger partial charge in [-0.15, -0.1) is 0 Å². The molecule has 0 aliphatic rings. The number of imidazole rings is 1. The minimum atomic E-state index is 0.935. The van der Waals surface area contributed by atoms with Crippen molar-refractivity contribution in [2.45, 2.75) is 19.8 Å². The lowest BCUT2D eigenvalue weighted by atomic mass is 9.84. The van der Waals surface area contributed by atoms with Gasteiger partial charge in [0.15, 0.2) is 0 Å². The zero-order valence-electron chi connectivity index (χ0n) is 32.4. The lowest BCUT2D eigenvalue weighted by molar-refractivity contribution is 0.924. The SMILES string of the molecule is CCCc1ccc2cc(-c3c4ccccc4c(-c4ccc5ccccc5c4)c4ccc(-c5ccc(-c6nc7ccccc7n6-c6ccccc6)cc5)cc34)ccc2c1. The third kappa shape index (κ3) is 5.76. The topological polar surface area (TPSA) is 17.8 Å². The largest absolute Gasteiger partial charge is 0.292 e. The minimum Gasteiger partial charge on any atom is -0.292 e. The van der Waals surface area contributed by atoms with Crippen molar-refractivity contribution >= 4 is 54.1 Å². The Morgan fingerprint density at radius 1 is 0.397 bits per heavy atom. The quantitative estimate of drug-likeness (QED) is 0.149. The van der Waals surface area contributed by atoms with Gasteiger partial charge in [-0.1, -0.05) is 171 Å². The van der Waals surface area contributed by atoms with Crippen molar-refractivity contribution in [1.82, 2.24) is 9.55 Å². The maximum atomic E-state index is 5.13. The second kappa shape index (κ2) is 14.0. The van der Waals surface area contributed by atoms with Crippen molar-refractivity contribution in [2.75, 3.05) is 0 Å². The van der Waals surface area contributed by atoms with Gasteiger partial charge in [0, 0.05) is 11.3 Å². The molecule has 1 aromatic heterocycles. The molecular formula is C56H40N2. The molecule has 2 nitrogen and oxygen atoms in total. The van der Waals surface area contributed by atoms with Crippen molar-refractivity contribution in [3.63, 3.8) is 0 Å². The van der Waals surface area contributed by atoms with Crippen LogP contribution in [-0.2, 0) is 6.42 Å². The lowest BCUT2D eigenvalue weighted by Crippen LogP contribution is -1.97. The van der Waals surface area contributed by atoms with Gasteiger partial charge in [-0.2, -0.15) is 0 Å². The van der Waals surface area contributed by atoms with Gasteiger partial charge in [-0.3, -0.25) is 4.57 Å². The average Bonchev–Trinajstić information content (AvgIpc) is 3.68. The number of nitrogens with zero attached hydrogens (tertiary/aromatic N) is 2. The Balaban J connectivity index is 1.11. The summed E-state index contributed by atoms with van der Waals surface area (Å²) in [7, 11) is 0. The van der Waals surface area contributed by atoms with Crippen LogP contribution in [0.4, 0.5) is 0 Å². The number of benzene rings is 10. The van der Waals surface area contributed by atoms with Crippen LogP contribution >= 0.6 is 0 Å². The molecule has 0 aliphatic heterocycles. The highest BCUT2D eigenvalue weighted by molar-refractivity contribution is 6.22. The van der Waals surface area contributed by atoms with Crippen LogP contribution < -0.4 is 0 Å². The number of fused-ring (bicyclic) bond motifs is 5. The maximum absolute atomic E-state index is 5.13. The molecular weight excluding hydrogens is 701 g/mol. The molecule has 0 radical (unpaired) electrons. The van der Waals surface area contributed by atoms with Crippen molar-refractivity contribution < 1.29 is 0 Å². The highest BCUT2D eigenvalue weighted by Gasteiger charge is 2.19. The molecule has 0 N–H and O–H groups in total. The van der Waals surface area contributed by atoms with Gasteiger partial charge in [0.1, 0.15) is 5.82 Å². The Bertz CT molecular complexity index is 3340. The third-order valence-corrected chi connectivity index (χ3v) is 11.8. The average molecular weight is 741 g/mol. The fraction of sp³-hybridized carbons (Fsp3) is 0.0536. The van der Waals surface area contributed by atoms with E-state index in [2.05, 4.69) is 212 Å². The summed E-state index contributed by atoms with van der Waals surface area (Å²) in [4.78, 5) is 5.13. The Morgan fingerprint density at radius 2 is 0.948 bits per heavy atom. The van der Waals surface area contributed by atoms with Crippen LogP contribution in [0.5, 0.6) is 0 Å². The summed E-state index contributed by atoms with van der Waals surface area (Å²) in [6, 6.07) is 73.5. The standard InChI is InChI=1S/C56H40N2/c1-2-12-37-21-22-43-35-46(30-28-42(43)33-37)55-49-18-9-8-17-48(49)54(45-29-25-38-13-6-7-14-41(38)34-45)50-32-31-44(36-51(50)55)39-23-26-40(27-24-39)56-57-52-19-10-11-20-53(52)58(56)47-15-4-3-5-16-47/h3-11,13-36H,2,12H2,1H3. The third-order valence-electron chi connectivity index (χ3n) is 11.8. The first-order chi connectivity index (χ1) is 28.7. The zero-order chi connectivity index (χ0) is 38.6. The van der Waals surface area contributed by atoms with Crippen molar-refractivity contribution in [2.24, 2.45) is 0 Å². The smallest absolute Gasteiger partial charge is 0.145 e. The summed E-state index contributed by atoms with van der Waals surface area (Å²) in [5, 5.41) is 10.1. The molecule has 2 heteroatoms. The zero-order valence-corrected chi connectivity index (χ0v) is 32.4. The molecule has 0 atom stereocenters. The fourth-order valence-corrected chi connectivity index (χ4v) is 9.09. The van der Waals surface area contributed by atoms with Crippen LogP contribution in [0, 0.1) is 0 Å². The van der Waals surface area contributed by atoms with Gasteiger partial charge >= 0.3 is 0 Å². The Hall–Kier alpha value is -7.29. The molecule has 0 saturated carbocycles. The normalized spacial score (nSPS) is 11.7. The molecule has 10 aromatic carbocycles. The number of aromatic nitrogens is 2. The Labute approximate surface area is 338 Å². The van der Waals surface area contributed by atoms with E-state index in [0.29, 0.717) is 0 Å². The number of aryl methyl sites for hydroxylation is 1. The van der Waals surface area contributed by atoms with E-state index in [-0.39, 0.29) is 0 Å². The summed E-state index contributed by atoms with van der Waals surface area (Å²) < 4.78 is 2.26. The summed E-state index contributed by atoms with van der Waals surface area (Å²) in [6.45, 7) is 2.25. The summed E-state index contributed by atoms with van der Waals surface area (Å²) in [6.07, 6.45) is 2.24. The van der Waals surface area contributed by atoms with Gasteiger partial charge in [0.2, 0.25) is 0 Å². The van der Waals surface area contributed by atoms with Crippen LogP contribution in [0.15, 0.2) is 200 Å². The monoisotopic (exact) mass is 740 g/mol. The van der Waals surface area contributed by atoms with Crippen LogP contribution in [0.25, 0.3) is 105 Å². The predicted molar refractivity (Wildman–Crippen MR) is 247 cm³/mol. The first-order valence-corrected chi connectivity index (χ1v) is 20.3. The highest BCUT2D eigenvalue weighted by atomic mass is 15.1. The fourth-order valence-electron chi connectivity index (χ4n) is 9.09. The van der Waals surface area contributed by atoms with E-state index < -0.39 is 0 Å². The molecule has 274 valence electrons. The first-order valence-electron chi connectivity index (χ1n) is 20.3. The van der Waals surface area contributed by atoms with Crippen molar-refractivity contribution in [3.8, 4) is 50.5 Å². The predicted octanol–water partition coefficient (Wildman–Crippen LogP) is 15.3. The van der Waals surface area contributed by atoms with Crippen molar-refractivity contribution in [3.05, 3.63) is 206 Å². The second-order valence-corrected chi connectivity index (χ2v) is 15.4. The summed E-state index contributed by atoms with van der Waals surface area (Å²) in [5.41, 5.74) is 13.0. The Kier molecular flexibility index (Phi) is 8.22. The molecule has 0 bridgehead atoms. The van der Waals surface area contributed by atoms with Gasteiger partial charge in [-0.25, -0.2) is 4.98 Å². The van der Waals surface area contributed by atoms with E-state index in [1.807, 2.05) is 0 Å². The summed E-state index contributed by atoms with van der Waals surface area (Å²) in [5.74, 6) is 0.935. The molecule has 11 aromatic rings. The lowest BCUT2D eigenvalue weighted by Gasteiger charge is -2.19. The Morgan fingerprint density at radius 3 is 1.72 bits per heavy atom.